The number of anilines is 1. The van der Waals surface area contributed by atoms with Crippen LogP contribution in [0.15, 0.2) is 54.6 Å². The lowest BCUT2D eigenvalue weighted by Gasteiger charge is -2.12. The van der Waals surface area contributed by atoms with Crippen LogP contribution in [0.25, 0.3) is 5.69 Å². The van der Waals surface area contributed by atoms with Crippen LogP contribution in [0.5, 0.6) is 5.75 Å². The first-order valence-electron chi connectivity index (χ1n) is 10.1. The maximum Gasteiger partial charge on any atom is 0.340 e. The largest absolute Gasteiger partial charge is 0.497 e. The summed E-state index contributed by atoms with van der Waals surface area (Å²) in [5.74, 6) is 0.328. The Kier molecular flexibility index (Phi) is 6.97. The van der Waals surface area contributed by atoms with Gasteiger partial charge in [0.15, 0.2) is 0 Å². The molecule has 0 aliphatic heterocycles. The van der Waals surface area contributed by atoms with E-state index < -0.39 is 12.0 Å². The molecule has 2 amide bonds. The molecule has 7 heteroatoms. The first-order valence-corrected chi connectivity index (χ1v) is 10.1. The number of nitrogens with zero attached hydrogens (tertiary/aromatic N) is 1. The molecule has 2 aromatic carbocycles. The Morgan fingerprint density at radius 3 is 2.42 bits per heavy atom. The highest BCUT2D eigenvalue weighted by atomic mass is 16.5. The highest BCUT2D eigenvalue weighted by molar-refractivity contribution is 6.00. The maximum absolute atomic E-state index is 12.5. The van der Waals surface area contributed by atoms with E-state index in [1.54, 1.807) is 38.3 Å². The standard InChI is InChI=1S/C24H27N3O4/c1-5-31-23(28)21-8-6-7-9-22(21)26-24(29)25-15-18-14-16(2)27(17(18)3)19-10-12-20(30-4)13-11-19/h6-14H,5,15H2,1-4H3,(H2,25,26,29). The third-order valence-electron chi connectivity index (χ3n) is 4.98. The van der Waals surface area contributed by atoms with E-state index in [0.29, 0.717) is 17.8 Å². The van der Waals surface area contributed by atoms with E-state index in [4.69, 9.17) is 9.47 Å². The second-order valence-electron chi connectivity index (χ2n) is 7.00. The van der Waals surface area contributed by atoms with Crippen molar-refractivity contribution < 1.29 is 19.1 Å². The molecule has 0 spiro atoms. The number of hydrogen-bond acceptors (Lipinski definition) is 4. The summed E-state index contributed by atoms with van der Waals surface area (Å²) in [6.07, 6.45) is 0. The molecular weight excluding hydrogens is 394 g/mol. The monoisotopic (exact) mass is 421 g/mol. The molecule has 0 radical (unpaired) electrons. The number of methoxy groups -OCH3 is 1. The van der Waals surface area contributed by atoms with Crippen molar-refractivity contribution in [3.8, 4) is 11.4 Å². The quantitative estimate of drug-likeness (QED) is 0.546. The van der Waals surface area contributed by atoms with Crippen LogP contribution in [0.1, 0.15) is 34.2 Å². The molecule has 7 nitrogen and oxygen atoms in total. The Morgan fingerprint density at radius 2 is 1.74 bits per heavy atom. The number of esters is 1. The predicted octanol–water partition coefficient (Wildman–Crippen LogP) is 4.60. The van der Waals surface area contributed by atoms with Gasteiger partial charge in [0.1, 0.15) is 5.75 Å². The first-order chi connectivity index (χ1) is 14.9. The molecule has 162 valence electrons. The van der Waals surface area contributed by atoms with Crippen molar-refractivity contribution in [3.63, 3.8) is 0 Å². The fourth-order valence-electron chi connectivity index (χ4n) is 3.46. The fourth-order valence-corrected chi connectivity index (χ4v) is 3.46. The van der Waals surface area contributed by atoms with Crippen molar-refractivity contribution in [2.75, 3.05) is 19.0 Å². The van der Waals surface area contributed by atoms with Gasteiger partial charge in [0, 0.05) is 23.6 Å². The Labute approximate surface area is 182 Å². The van der Waals surface area contributed by atoms with Gasteiger partial charge in [-0.3, -0.25) is 0 Å². The molecule has 0 atom stereocenters. The van der Waals surface area contributed by atoms with Crippen molar-refractivity contribution in [2.45, 2.75) is 27.3 Å². The zero-order valence-electron chi connectivity index (χ0n) is 18.2. The van der Waals surface area contributed by atoms with Crippen LogP contribution in [0.2, 0.25) is 0 Å². The normalized spacial score (nSPS) is 10.5. The van der Waals surface area contributed by atoms with Gasteiger partial charge in [0.2, 0.25) is 0 Å². The Bertz CT molecular complexity index is 1070. The summed E-state index contributed by atoms with van der Waals surface area (Å²) >= 11 is 0. The molecule has 0 saturated carbocycles. The smallest absolute Gasteiger partial charge is 0.340 e. The molecule has 0 aliphatic carbocycles. The molecule has 0 aliphatic rings. The van der Waals surface area contributed by atoms with E-state index in [0.717, 1.165) is 28.4 Å². The molecule has 0 unspecified atom stereocenters. The van der Waals surface area contributed by atoms with Gasteiger partial charge < -0.3 is 24.7 Å². The van der Waals surface area contributed by atoms with Crippen molar-refractivity contribution in [1.29, 1.82) is 0 Å². The SMILES string of the molecule is CCOC(=O)c1ccccc1NC(=O)NCc1cc(C)n(-c2ccc(OC)cc2)c1C. The Hall–Kier alpha value is -3.74. The minimum atomic E-state index is -0.471. The van der Waals surface area contributed by atoms with Crippen LogP contribution < -0.4 is 15.4 Å². The number of aryl methyl sites for hydroxylation is 1. The summed E-state index contributed by atoms with van der Waals surface area (Å²) < 4.78 is 12.4. The van der Waals surface area contributed by atoms with Crippen LogP contribution in [0.3, 0.4) is 0 Å². The number of nitrogens with one attached hydrogen (secondary N) is 2. The molecule has 31 heavy (non-hydrogen) atoms. The minimum Gasteiger partial charge on any atom is -0.497 e. The van der Waals surface area contributed by atoms with Crippen LogP contribution in [0, 0.1) is 13.8 Å². The molecule has 1 heterocycles. The maximum atomic E-state index is 12.5. The number of amides is 2. The molecule has 1 aromatic heterocycles. The Balaban J connectivity index is 1.70. The summed E-state index contributed by atoms with van der Waals surface area (Å²) in [6.45, 7) is 6.40. The zero-order chi connectivity index (χ0) is 22.4. The van der Waals surface area contributed by atoms with E-state index in [1.165, 1.54) is 0 Å². The summed E-state index contributed by atoms with van der Waals surface area (Å²) in [7, 11) is 1.64. The van der Waals surface area contributed by atoms with E-state index in [1.807, 2.05) is 44.2 Å². The summed E-state index contributed by atoms with van der Waals surface area (Å²) in [5, 5.41) is 5.59. The lowest BCUT2D eigenvalue weighted by atomic mass is 10.2. The van der Waals surface area contributed by atoms with Crippen LogP contribution >= 0.6 is 0 Å². The lowest BCUT2D eigenvalue weighted by Crippen LogP contribution is -2.29. The number of rotatable bonds is 7. The van der Waals surface area contributed by atoms with Crippen molar-refractivity contribution >= 4 is 17.7 Å². The average molecular weight is 421 g/mol. The van der Waals surface area contributed by atoms with E-state index in [-0.39, 0.29) is 6.61 Å². The number of hydrogen-bond donors (Lipinski definition) is 2. The van der Waals surface area contributed by atoms with Crippen molar-refractivity contribution in [1.82, 2.24) is 9.88 Å². The number of urea groups is 1. The highest BCUT2D eigenvalue weighted by Crippen LogP contribution is 2.23. The second kappa shape index (κ2) is 9.84. The van der Waals surface area contributed by atoms with Crippen LogP contribution in [-0.4, -0.2) is 30.3 Å². The predicted molar refractivity (Wildman–Crippen MR) is 120 cm³/mol. The van der Waals surface area contributed by atoms with Gasteiger partial charge in [0.25, 0.3) is 0 Å². The molecule has 0 fully saturated rings. The molecule has 0 saturated heterocycles. The van der Waals surface area contributed by atoms with Crippen molar-refractivity contribution in [2.24, 2.45) is 0 Å². The zero-order valence-corrected chi connectivity index (χ0v) is 18.2. The van der Waals surface area contributed by atoms with Gasteiger partial charge in [-0.05, 0) is 68.8 Å². The number of aromatic nitrogens is 1. The van der Waals surface area contributed by atoms with E-state index in [2.05, 4.69) is 15.2 Å². The average Bonchev–Trinajstić information content (AvgIpc) is 3.06. The summed E-state index contributed by atoms with van der Waals surface area (Å²) in [5.41, 5.74) is 4.85. The van der Waals surface area contributed by atoms with Gasteiger partial charge in [-0.2, -0.15) is 0 Å². The minimum absolute atomic E-state index is 0.267. The van der Waals surface area contributed by atoms with Gasteiger partial charge in [-0.1, -0.05) is 12.1 Å². The third-order valence-corrected chi connectivity index (χ3v) is 4.98. The fraction of sp³-hybridized carbons (Fsp3) is 0.250. The Morgan fingerprint density at radius 1 is 1.03 bits per heavy atom. The van der Waals surface area contributed by atoms with E-state index >= 15 is 0 Å². The van der Waals surface area contributed by atoms with Crippen molar-refractivity contribution in [3.05, 3.63) is 77.1 Å². The van der Waals surface area contributed by atoms with E-state index in [9.17, 15) is 9.59 Å². The first kappa shape index (κ1) is 22.0. The number of benzene rings is 2. The topological polar surface area (TPSA) is 81.6 Å². The second-order valence-corrected chi connectivity index (χ2v) is 7.00. The summed E-state index contributed by atoms with van der Waals surface area (Å²) in [6, 6.07) is 16.2. The van der Waals surface area contributed by atoms with Crippen LogP contribution in [0.4, 0.5) is 10.5 Å². The highest BCUT2D eigenvalue weighted by Gasteiger charge is 2.15. The van der Waals surface area contributed by atoms with Crippen LogP contribution in [-0.2, 0) is 11.3 Å². The van der Waals surface area contributed by atoms with Gasteiger partial charge >= 0.3 is 12.0 Å². The molecule has 3 rings (SSSR count). The number of para-hydroxylation sites is 1. The number of carbonyl (C=O) groups is 2. The lowest BCUT2D eigenvalue weighted by molar-refractivity contribution is 0.0527. The molecule has 3 aromatic rings. The summed E-state index contributed by atoms with van der Waals surface area (Å²) in [4.78, 5) is 24.5. The number of carbonyl (C=O) groups excluding carboxylic acids is 2. The van der Waals surface area contributed by atoms with Gasteiger partial charge in [-0.25, -0.2) is 9.59 Å². The number of ether oxygens (including phenoxy) is 2. The third kappa shape index (κ3) is 5.06. The molecule has 0 bridgehead atoms. The van der Waals surface area contributed by atoms with Gasteiger partial charge in [0.05, 0.1) is 25.0 Å². The van der Waals surface area contributed by atoms with Gasteiger partial charge in [-0.15, -0.1) is 0 Å². The molecular formula is C24H27N3O4. The molecule has 2 N–H and O–H groups in total.